The number of hydrogen-bond acceptors (Lipinski definition) is 5. The SMILES string of the molecule is CC(C)[C@H](NC(=O)Cn1c(=O)cnc2ccccc21)c1ccc2c(c1)OCCCO2. The molecule has 2 heterocycles. The van der Waals surface area contributed by atoms with Crippen LogP contribution >= 0.6 is 0 Å². The predicted octanol–water partition coefficient (Wildman–Crippen LogP) is 3.07. The zero-order valence-corrected chi connectivity index (χ0v) is 17.1. The lowest BCUT2D eigenvalue weighted by molar-refractivity contribution is -0.122. The number of carbonyl (C=O) groups excluding carboxylic acids is 1. The summed E-state index contributed by atoms with van der Waals surface area (Å²) in [6, 6.07) is 12.8. The van der Waals surface area contributed by atoms with Crippen LogP contribution in [0.15, 0.2) is 53.5 Å². The van der Waals surface area contributed by atoms with E-state index in [0.717, 1.165) is 17.7 Å². The van der Waals surface area contributed by atoms with Crippen molar-refractivity contribution >= 4 is 16.9 Å². The molecule has 30 heavy (non-hydrogen) atoms. The first-order chi connectivity index (χ1) is 14.5. The molecule has 4 rings (SSSR count). The summed E-state index contributed by atoms with van der Waals surface area (Å²) < 4.78 is 12.9. The molecule has 0 saturated carbocycles. The highest BCUT2D eigenvalue weighted by Crippen LogP contribution is 2.34. The third-order valence-electron chi connectivity index (χ3n) is 5.17. The van der Waals surface area contributed by atoms with E-state index in [0.29, 0.717) is 30.0 Å². The second kappa shape index (κ2) is 8.57. The lowest BCUT2D eigenvalue weighted by atomic mass is 9.95. The van der Waals surface area contributed by atoms with E-state index in [-0.39, 0.29) is 30.0 Å². The average molecular weight is 407 g/mol. The van der Waals surface area contributed by atoms with Gasteiger partial charge in [0.15, 0.2) is 11.5 Å². The molecule has 0 saturated heterocycles. The van der Waals surface area contributed by atoms with Gasteiger partial charge in [-0.05, 0) is 35.7 Å². The van der Waals surface area contributed by atoms with Crippen LogP contribution in [0.5, 0.6) is 11.5 Å². The van der Waals surface area contributed by atoms with Gasteiger partial charge in [0.1, 0.15) is 6.54 Å². The number of fused-ring (bicyclic) bond motifs is 2. The van der Waals surface area contributed by atoms with Crippen molar-refractivity contribution in [3.05, 3.63) is 64.6 Å². The van der Waals surface area contributed by atoms with Crippen LogP contribution in [0.25, 0.3) is 11.0 Å². The molecule has 0 radical (unpaired) electrons. The topological polar surface area (TPSA) is 82.5 Å². The van der Waals surface area contributed by atoms with Crippen molar-refractivity contribution < 1.29 is 14.3 Å². The fourth-order valence-corrected chi connectivity index (χ4v) is 3.65. The van der Waals surface area contributed by atoms with E-state index in [4.69, 9.17) is 9.47 Å². The minimum atomic E-state index is -0.305. The van der Waals surface area contributed by atoms with Gasteiger partial charge in [-0.15, -0.1) is 0 Å². The number of benzene rings is 2. The van der Waals surface area contributed by atoms with Gasteiger partial charge < -0.3 is 14.8 Å². The van der Waals surface area contributed by atoms with Gasteiger partial charge in [0.2, 0.25) is 5.91 Å². The molecular formula is C23H25N3O4. The zero-order valence-electron chi connectivity index (χ0n) is 17.1. The summed E-state index contributed by atoms with van der Waals surface area (Å²) in [5.74, 6) is 1.32. The number of nitrogens with one attached hydrogen (secondary N) is 1. The highest BCUT2D eigenvalue weighted by atomic mass is 16.5. The van der Waals surface area contributed by atoms with E-state index >= 15 is 0 Å². The Hall–Kier alpha value is -3.35. The molecule has 7 nitrogen and oxygen atoms in total. The summed E-state index contributed by atoms with van der Waals surface area (Å²) in [5, 5.41) is 3.08. The van der Waals surface area contributed by atoms with E-state index in [9.17, 15) is 9.59 Å². The maximum Gasteiger partial charge on any atom is 0.269 e. The van der Waals surface area contributed by atoms with Crippen LogP contribution in [-0.4, -0.2) is 28.7 Å². The second-order valence-corrected chi connectivity index (χ2v) is 7.72. The van der Waals surface area contributed by atoms with Crippen molar-refractivity contribution in [2.45, 2.75) is 32.9 Å². The first-order valence-electron chi connectivity index (χ1n) is 10.2. The van der Waals surface area contributed by atoms with E-state index in [2.05, 4.69) is 10.3 Å². The van der Waals surface area contributed by atoms with Crippen LogP contribution in [0, 0.1) is 5.92 Å². The Balaban J connectivity index is 1.57. The predicted molar refractivity (Wildman–Crippen MR) is 114 cm³/mol. The second-order valence-electron chi connectivity index (χ2n) is 7.72. The molecule has 0 fully saturated rings. The Labute approximate surface area is 174 Å². The molecule has 1 atom stereocenters. The molecule has 0 unspecified atom stereocenters. The molecule has 3 aromatic rings. The van der Waals surface area contributed by atoms with Crippen molar-refractivity contribution in [2.24, 2.45) is 5.92 Å². The Bertz CT molecular complexity index is 1120. The van der Waals surface area contributed by atoms with Gasteiger partial charge in [0, 0.05) is 6.42 Å². The number of rotatable bonds is 5. The molecule has 7 heteroatoms. The van der Waals surface area contributed by atoms with Crippen molar-refractivity contribution in [1.29, 1.82) is 0 Å². The Kier molecular flexibility index (Phi) is 5.70. The smallest absolute Gasteiger partial charge is 0.269 e. The minimum absolute atomic E-state index is 0.0738. The molecular weight excluding hydrogens is 382 g/mol. The van der Waals surface area contributed by atoms with Crippen molar-refractivity contribution in [1.82, 2.24) is 14.9 Å². The maximum absolute atomic E-state index is 12.9. The molecule has 2 aromatic carbocycles. The van der Waals surface area contributed by atoms with Crippen LogP contribution in [0.1, 0.15) is 31.9 Å². The first-order valence-corrected chi connectivity index (χ1v) is 10.2. The number of carbonyl (C=O) groups is 1. The van der Waals surface area contributed by atoms with Gasteiger partial charge in [0.25, 0.3) is 5.56 Å². The number of aromatic nitrogens is 2. The lowest BCUT2D eigenvalue weighted by Gasteiger charge is -2.24. The van der Waals surface area contributed by atoms with Gasteiger partial charge in [0.05, 0.1) is 36.5 Å². The number of hydrogen-bond donors (Lipinski definition) is 1. The van der Waals surface area contributed by atoms with Crippen LogP contribution in [0.4, 0.5) is 0 Å². The van der Waals surface area contributed by atoms with Gasteiger partial charge in [-0.2, -0.15) is 0 Å². The summed E-state index contributed by atoms with van der Waals surface area (Å²) in [4.78, 5) is 29.4. The quantitative estimate of drug-likeness (QED) is 0.703. The number of nitrogens with zero attached hydrogens (tertiary/aromatic N) is 2. The van der Waals surface area contributed by atoms with Crippen molar-refractivity contribution in [2.75, 3.05) is 13.2 Å². The molecule has 0 spiro atoms. The van der Waals surface area contributed by atoms with Gasteiger partial charge >= 0.3 is 0 Å². The Morgan fingerprint density at radius 1 is 1.13 bits per heavy atom. The first kappa shape index (κ1) is 19.9. The normalized spacial score (nSPS) is 14.4. The van der Waals surface area contributed by atoms with E-state index in [1.54, 1.807) is 6.07 Å². The van der Waals surface area contributed by atoms with Crippen LogP contribution in [0.2, 0.25) is 0 Å². The third-order valence-corrected chi connectivity index (χ3v) is 5.17. The van der Waals surface area contributed by atoms with E-state index in [1.165, 1.54) is 10.8 Å². The van der Waals surface area contributed by atoms with Gasteiger partial charge in [-0.25, -0.2) is 4.98 Å². The molecule has 1 amide bonds. The van der Waals surface area contributed by atoms with Gasteiger partial charge in [-0.3, -0.25) is 14.2 Å². The van der Waals surface area contributed by atoms with Crippen molar-refractivity contribution in [3.63, 3.8) is 0 Å². The zero-order chi connectivity index (χ0) is 21.1. The highest BCUT2D eigenvalue weighted by molar-refractivity contribution is 5.80. The minimum Gasteiger partial charge on any atom is -0.490 e. The van der Waals surface area contributed by atoms with E-state index in [1.807, 2.05) is 50.2 Å². The monoisotopic (exact) mass is 407 g/mol. The molecule has 1 aliphatic heterocycles. The molecule has 1 N–H and O–H groups in total. The standard InChI is InChI=1S/C23H25N3O4/c1-15(2)23(16-8-9-19-20(12-16)30-11-5-10-29-19)25-21(27)14-26-18-7-4-3-6-17(18)24-13-22(26)28/h3-4,6-9,12-13,15,23H,5,10-11,14H2,1-2H3,(H,25,27)/t23-/m0/s1. The summed E-state index contributed by atoms with van der Waals surface area (Å²) in [7, 11) is 0. The molecule has 1 aliphatic rings. The van der Waals surface area contributed by atoms with Crippen LogP contribution < -0.4 is 20.3 Å². The molecule has 0 aliphatic carbocycles. The average Bonchev–Trinajstić information content (AvgIpc) is 2.99. The lowest BCUT2D eigenvalue weighted by Crippen LogP contribution is -2.36. The summed E-state index contributed by atoms with van der Waals surface area (Å²) in [6.45, 7) is 5.25. The molecule has 0 bridgehead atoms. The fourth-order valence-electron chi connectivity index (χ4n) is 3.65. The Morgan fingerprint density at radius 2 is 1.90 bits per heavy atom. The van der Waals surface area contributed by atoms with Crippen LogP contribution in [-0.2, 0) is 11.3 Å². The third kappa shape index (κ3) is 4.15. The number of amides is 1. The van der Waals surface area contributed by atoms with E-state index < -0.39 is 0 Å². The maximum atomic E-state index is 12.9. The fraction of sp³-hybridized carbons (Fsp3) is 0.348. The highest BCUT2D eigenvalue weighted by Gasteiger charge is 2.22. The largest absolute Gasteiger partial charge is 0.490 e. The van der Waals surface area contributed by atoms with Crippen LogP contribution in [0.3, 0.4) is 0 Å². The van der Waals surface area contributed by atoms with Crippen molar-refractivity contribution in [3.8, 4) is 11.5 Å². The number of ether oxygens (including phenoxy) is 2. The van der Waals surface area contributed by atoms with Gasteiger partial charge in [-0.1, -0.05) is 32.0 Å². The number of para-hydroxylation sites is 2. The molecule has 1 aromatic heterocycles. The summed E-state index contributed by atoms with van der Waals surface area (Å²) >= 11 is 0. The molecule has 156 valence electrons. The Morgan fingerprint density at radius 3 is 2.70 bits per heavy atom. The summed E-state index contributed by atoms with van der Waals surface area (Å²) in [6.07, 6.45) is 2.09. The summed E-state index contributed by atoms with van der Waals surface area (Å²) in [5.41, 5.74) is 1.94.